The Morgan fingerprint density at radius 1 is 1.17 bits per heavy atom. The van der Waals surface area contributed by atoms with E-state index in [1.807, 2.05) is 13.8 Å². The quantitative estimate of drug-likeness (QED) is 0.238. The summed E-state index contributed by atoms with van der Waals surface area (Å²) in [5, 5.41) is 3.01. The summed E-state index contributed by atoms with van der Waals surface area (Å²) in [6, 6.07) is 7.18. The van der Waals surface area contributed by atoms with Gasteiger partial charge in [-0.1, -0.05) is 12.1 Å². The number of hydrogen-bond acceptors (Lipinski definition) is 3. The number of rotatable bonds is 6. The highest BCUT2D eigenvalue weighted by atomic mass is 127. The Kier molecular flexibility index (Phi) is 7.47. The number of imide groups is 1. The number of guanidine groups is 1. The van der Waals surface area contributed by atoms with Crippen LogP contribution >= 0.6 is 24.0 Å². The molecule has 1 aromatic rings. The summed E-state index contributed by atoms with van der Waals surface area (Å²) >= 11 is 0. The molecule has 3 N–H and O–H groups in total. The SMILES string of the molecule is CC(C)NC(N)=NCCCCN1C(=O)c2ccccc2C1=O.I. The van der Waals surface area contributed by atoms with Crippen LogP contribution in [0.1, 0.15) is 47.4 Å². The highest BCUT2D eigenvalue weighted by Crippen LogP contribution is 2.22. The fourth-order valence-electron chi connectivity index (χ4n) is 2.36. The fraction of sp³-hybridized carbons (Fsp3) is 0.438. The van der Waals surface area contributed by atoms with Crippen LogP contribution in [0, 0.1) is 0 Å². The molecule has 23 heavy (non-hydrogen) atoms. The van der Waals surface area contributed by atoms with Crippen molar-refractivity contribution in [1.29, 1.82) is 0 Å². The monoisotopic (exact) mass is 430 g/mol. The van der Waals surface area contributed by atoms with Crippen molar-refractivity contribution in [3.63, 3.8) is 0 Å². The van der Waals surface area contributed by atoms with Crippen LogP contribution in [0.15, 0.2) is 29.3 Å². The zero-order valence-electron chi connectivity index (χ0n) is 13.4. The molecule has 0 spiro atoms. The minimum Gasteiger partial charge on any atom is -0.370 e. The Labute approximate surface area is 153 Å². The Balaban J connectivity index is 0.00000264. The van der Waals surface area contributed by atoms with E-state index in [-0.39, 0.29) is 41.8 Å². The second kappa shape index (κ2) is 8.85. The van der Waals surface area contributed by atoms with Gasteiger partial charge in [-0.15, -0.1) is 24.0 Å². The lowest BCUT2D eigenvalue weighted by Gasteiger charge is -2.13. The number of halogens is 1. The number of carbonyl (C=O) groups excluding carboxylic acids is 2. The van der Waals surface area contributed by atoms with Gasteiger partial charge in [0.1, 0.15) is 0 Å². The Morgan fingerprint density at radius 2 is 1.74 bits per heavy atom. The van der Waals surface area contributed by atoms with Gasteiger partial charge in [0.05, 0.1) is 11.1 Å². The van der Waals surface area contributed by atoms with E-state index in [1.54, 1.807) is 24.3 Å². The zero-order chi connectivity index (χ0) is 16.1. The maximum absolute atomic E-state index is 12.1. The highest BCUT2D eigenvalue weighted by molar-refractivity contribution is 14.0. The first kappa shape index (κ1) is 19.4. The number of unbranched alkanes of at least 4 members (excludes halogenated alkanes) is 1. The minimum atomic E-state index is -0.204. The third-order valence-corrected chi connectivity index (χ3v) is 3.39. The fourth-order valence-corrected chi connectivity index (χ4v) is 2.36. The molecule has 1 aliphatic rings. The average molecular weight is 430 g/mol. The predicted octanol–water partition coefficient (Wildman–Crippen LogP) is 1.99. The molecule has 0 aliphatic carbocycles. The molecule has 0 saturated carbocycles. The van der Waals surface area contributed by atoms with Gasteiger partial charge in [-0.2, -0.15) is 0 Å². The molecule has 0 aromatic heterocycles. The Hall–Kier alpha value is -1.64. The van der Waals surface area contributed by atoms with Gasteiger partial charge in [-0.25, -0.2) is 0 Å². The Bertz CT molecular complexity index is 566. The normalized spacial score (nSPS) is 14.0. The van der Waals surface area contributed by atoms with Crippen molar-refractivity contribution in [2.75, 3.05) is 13.1 Å². The molecule has 0 fully saturated rings. The lowest BCUT2D eigenvalue weighted by molar-refractivity contribution is 0.0652. The van der Waals surface area contributed by atoms with Gasteiger partial charge in [-0.05, 0) is 38.8 Å². The van der Waals surface area contributed by atoms with Crippen LogP contribution in [0.2, 0.25) is 0 Å². The first-order valence-electron chi connectivity index (χ1n) is 7.52. The third kappa shape index (κ3) is 4.92. The van der Waals surface area contributed by atoms with Crippen LogP contribution in [0.4, 0.5) is 0 Å². The third-order valence-electron chi connectivity index (χ3n) is 3.39. The van der Waals surface area contributed by atoms with Gasteiger partial charge in [0.15, 0.2) is 5.96 Å². The van der Waals surface area contributed by atoms with Crippen molar-refractivity contribution >= 4 is 41.8 Å². The molecule has 2 rings (SSSR count). The number of nitrogens with one attached hydrogen (secondary N) is 1. The van der Waals surface area contributed by atoms with Gasteiger partial charge in [0, 0.05) is 19.1 Å². The summed E-state index contributed by atoms with van der Waals surface area (Å²) in [4.78, 5) is 29.8. The largest absolute Gasteiger partial charge is 0.370 e. The molecule has 0 atom stereocenters. The maximum Gasteiger partial charge on any atom is 0.261 e. The highest BCUT2D eigenvalue weighted by Gasteiger charge is 2.34. The molecule has 6 nitrogen and oxygen atoms in total. The first-order valence-corrected chi connectivity index (χ1v) is 7.52. The molecule has 1 heterocycles. The van der Waals surface area contributed by atoms with E-state index in [2.05, 4.69) is 10.3 Å². The molecule has 126 valence electrons. The van der Waals surface area contributed by atoms with Crippen molar-refractivity contribution in [2.45, 2.75) is 32.7 Å². The van der Waals surface area contributed by atoms with Crippen LogP contribution in [0.25, 0.3) is 0 Å². The second-order valence-corrected chi connectivity index (χ2v) is 5.58. The van der Waals surface area contributed by atoms with Crippen LogP contribution in [-0.2, 0) is 0 Å². The van der Waals surface area contributed by atoms with Crippen LogP contribution in [-0.4, -0.2) is 41.8 Å². The van der Waals surface area contributed by atoms with Crippen molar-refractivity contribution < 1.29 is 9.59 Å². The van der Waals surface area contributed by atoms with Gasteiger partial charge in [-0.3, -0.25) is 19.5 Å². The van der Waals surface area contributed by atoms with E-state index in [0.29, 0.717) is 36.6 Å². The number of nitrogens with two attached hydrogens (primary N) is 1. The number of benzene rings is 1. The minimum absolute atomic E-state index is 0. The van der Waals surface area contributed by atoms with Crippen LogP contribution in [0.5, 0.6) is 0 Å². The van der Waals surface area contributed by atoms with Gasteiger partial charge in [0.2, 0.25) is 0 Å². The van der Waals surface area contributed by atoms with Crippen molar-refractivity contribution in [1.82, 2.24) is 10.2 Å². The summed E-state index contributed by atoms with van der Waals surface area (Å²) in [7, 11) is 0. The number of aliphatic imine (C=N–C) groups is 1. The van der Waals surface area contributed by atoms with E-state index in [4.69, 9.17) is 5.73 Å². The molecule has 1 aliphatic heterocycles. The molecular weight excluding hydrogens is 407 g/mol. The molecule has 2 amide bonds. The predicted molar refractivity (Wildman–Crippen MR) is 101 cm³/mol. The number of nitrogens with zero attached hydrogens (tertiary/aromatic N) is 2. The molecule has 0 unspecified atom stereocenters. The van der Waals surface area contributed by atoms with Crippen LogP contribution in [0.3, 0.4) is 0 Å². The standard InChI is InChI=1S/C16H22N4O2.HI/c1-11(2)19-16(17)18-9-5-6-10-20-14(21)12-7-3-4-8-13(12)15(20)22;/h3-4,7-8,11H,5-6,9-10H2,1-2H3,(H3,17,18,19);1H. The Morgan fingerprint density at radius 3 is 2.26 bits per heavy atom. The summed E-state index contributed by atoms with van der Waals surface area (Å²) < 4.78 is 0. The average Bonchev–Trinajstić information content (AvgIpc) is 2.71. The van der Waals surface area contributed by atoms with Gasteiger partial charge < -0.3 is 11.1 Å². The number of hydrogen-bond donors (Lipinski definition) is 2. The maximum atomic E-state index is 12.1. The van der Waals surface area contributed by atoms with E-state index < -0.39 is 0 Å². The number of amides is 2. The lowest BCUT2D eigenvalue weighted by Crippen LogP contribution is -2.36. The second-order valence-electron chi connectivity index (χ2n) is 5.58. The summed E-state index contributed by atoms with van der Waals surface area (Å²) in [6.45, 7) is 4.98. The van der Waals surface area contributed by atoms with Gasteiger partial charge >= 0.3 is 0 Å². The number of fused-ring (bicyclic) bond motifs is 1. The van der Waals surface area contributed by atoms with E-state index in [1.165, 1.54) is 4.90 Å². The summed E-state index contributed by atoms with van der Waals surface area (Å²) in [6.07, 6.45) is 1.48. The molecule has 0 saturated heterocycles. The topological polar surface area (TPSA) is 87.8 Å². The van der Waals surface area contributed by atoms with Crippen molar-refractivity contribution in [2.24, 2.45) is 10.7 Å². The van der Waals surface area contributed by atoms with Crippen LogP contribution < -0.4 is 11.1 Å². The molecular formula is C16H23IN4O2. The summed E-state index contributed by atoms with van der Waals surface area (Å²) in [5.41, 5.74) is 6.69. The van der Waals surface area contributed by atoms with E-state index in [9.17, 15) is 9.59 Å². The molecule has 7 heteroatoms. The van der Waals surface area contributed by atoms with Gasteiger partial charge in [0.25, 0.3) is 11.8 Å². The first-order chi connectivity index (χ1) is 10.5. The molecule has 0 bridgehead atoms. The lowest BCUT2D eigenvalue weighted by atomic mass is 10.1. The van der Waals surface area contributed by atoms with E-state index in [0.717, 1.165) is 6.42 Å². The summed E-state index contributed by atoms with van der Waals surface area (Å²) in [5.74, 6) is 0.0194. The zero-order valence-corrected chi connectivity index (χ0v) is 15.7. The molecule has 0 radical (unpaired) electrons. The van der Waals surface area contributed by atoms with Crippen molar-refractivity contribution in [3.8, 4) is 0 Å². The smallest absolute Gasteiger partial charge is 0.261 e. The van der Waals surface area contributed by atoms with Crippen molar-refractivity contribution in [3.05, 3.63) is 35.4 Å². The number of carbonyl (C=O) groups is 2. The van der Waals surface area contributed by atoms with E-state index >= 15 is 0 Å². The molecule has 1 aromatic carbocycles.